The van der Waals surface area contributed by atoms with Crippen LogP contribution in [-0.4, -0.2) is 95.9 Å². The van der Waals surface area contributed by atoms with Crippen molar-refractivity contribution in [1.82, 2.24) is 0 Å². The minimum atomic E-state index is -4.94. The summed E-state index contributed by atoms with van der Waals surface area (Å²) in [7, 11) is -9.80. The summed E-state index contributed by atoms with van der Waals surface area (Å²) in [6, 6.07) is 0. The van der Waals surface area contributed by atoms with E-state index in [1.165, 1.54) is 51.4 Å². The monoisotopic (exact) mass is 1430 g/mol. The predicted molar refractivity (Wildman–Crippen MR) is 408 cm³/mol. The van der Waals surface area contributed by atoms with Gasteiger partial charge in [-0.15, -0.1) is 0 Å². The number of aliphatic hydroxyl groups is 2. The average molecular weight is 1430 g/mol. The van der Waals surface area contributed by atoms with Crippen LogP contribution in [0.5, 0.6) is 0 Å². The smallest absolute Gasteiger partial charge is 0.463 e. The fourth-order valence-electron chi connectivity index (χ4n) is 9.96. The summed E-state index contributed by atoms with van der Waals surface area (Å²) in [5, 5.41) is 20.6. The van der Waals surface area contributed by atoms with Gasteiger partial charge in [-0.05, 0) is 141 Å². The van der Waals surface area contributed by atoms with Crippen molar-refractivity contribution in [2.24, 2.45) is 0 Å². The van der Waals surface area contributed by atoms with Crippen LogP contribution in [-0.2, 0) is 55.8 Å². The number of hydrogen-bond acceptors (Lipinski definition) is 14. The summed E-state index contributed by atoms with van der Waals surface area (Å²) >= 11 is 0. The van der Waals surface area contributed by atoms with E-state index in [0.717, 1.165) is 193 Å². The third kappa shape index (κ3) is 74.7. The highest BCUT2D eigenvalue weighted by Gasteiger charge is 2.29. The Balaban J connectivity index is 4.69. The quantitative estimate of drug-likeness (QED) is 0.0146. The number of carbonyl (C=O) groups excluding carboxylic acids is 3. The van der Waals surface area contributed by atoms with E-state index in [1.807, 2.05) is 0 Å². The van der Waals surface area contributed by atoms with Gasteiger partial charge in [-0.25, -0.2) is 9.13 Å². The first-order chi connectivity index (χ1) is 48.2. The third-order valence-electron chi connectivity index (χ3n) is 15.8. The minimum absolute atomic E-state index is 0.0869. The van der Waals surface area contributed by atoms with Crippen LogP contribution < -0.4 is 0 Å². The van der Waals surface area contributed by atoms with Crippen molar-refractivity contribution in [3.63, 3.8) is 0 Å². The maximum absolute atomic E-state index is 13.0. The Hall–Kier alpha value is -4.31. The fraction of sp³-hybridized carbons (Fsp3) is 0.691. The van der Waals surface area contributed by atoms with Crippen LogP contribution in [0.4, 0.5) is 0 Å². The zero-order valence-corrected chi connectivity index (χ0v) is 63.7. The molecule has 0 heterocycles. The molecule has 0 aromatic heterocycles. The Morgan fingerprint density at radius 1 is 0.293 bits per heavy atom. The lowest BCUT2D eigenvalue weighted by molar-refractivity contribution is -0.161. The van der Waals surface area contributed by atoms with Gasteiger partial charge >= 0.3 is 33.6 Å². The normalized spacial score (nSPS) is 14.8. The highest BCUT2D eigenvalue weighted by molar-refractivity contribution is 7.47. The molecule has 0 aromatic rings. The Morgan fingerprint density at radius 2 is 0.535 bits per heavy atom. The molecule has 16 nitrogen and oxygen atoms in total. The molecule has 0 saturated heterocycles. The molecule has 5 unspecified atom stereocenters. The molecule has 4 N–H and O–H groups in total. The van der Waals surface area contributed by atoms with Crippen molar-refractivity contribution in [2.75, 3.05) is 39.6 Å². The highest BCUT2D eigenvalue weighted by atomic mass is 31.2. The van der Waals surface area contributed by atoms with Gasteiger partial charge in [-0.1, -0.05) is 276 Å². The number of hydrogen-bond donors (Lipinski definition) is 4. The number of rotatable bonds is 72. The second-order valence-corrected chi connectivity index (χ2v) is 28.3. The Kier molecular flexibility index (Phi) is 70.2. The van der Waals surface area contributed by atoms with Crippen LogP contribution in [0.2, 0.25) is 0 Å². The van der Waals surface area contributed by atoms with E-state index >= 15 is 0 Å². The molecule has 0 amide bonds. The highest BCUT2D eigenvalue weighted by Crippen LogP contribution is 2.45. The number of phosphoric acid groups is 2. The maximum Gasteiger partial charge on any atom is 0.472 e. The molecular weight excluding hydrogens is 1290 g/mol. The molecule has 0 aliphatic rings. The number of phosphoric ester groups is 2. The summed E-state index contributed by atoms with van der Waals surface area (Å²) in [5.74, 6) is -1.61. The van der Waals surface area contributed by atoms with Crippen LogP contribution >= 0.6 is 15.6 Å². The second-order valence-electron chi connectivity index (χ2n) is 25.4. The summed E-state index contributed by atoms with van der Waals surface area (Å²) in [6.07, 6.45) is 87.7. The first-order valence-electron chi connectivity index (χ1n) is 38.5. The molecule has 0 rings (SSSR count). The molecule has 568 valence electrons. The minimum Gasteiger partial charge on any atom is -0.463 e. The zero-order valence-electron chi connectivity index (χ0n) is 61.9. The molecule has 0 saturated carbocycles. The maximum atomic E-state index is 13.0. The summed E-state index contributed by atoms with van der Waals surface area (Å²) in [5.41, 5.74) is 0. The van der Waals surface area contributed by atoms with Crippen LogP contribution in [0.1, 0.15) is 303 Å². The molecule has 0 aliphatic heterocycles. The SMILES string of the molecule is CC/C=C\C/C=C\C/C=C\CCCCCCCCCC(=O)OC(COC(=O)CCCCCCCCC/C=C\C/C=C\C/C=C\C/C=C\CCCCC)COP(=O)(O)OCC(O)COP(=O)(O)OCC(O)COC(=O)CCCCCCCCC/C=C\C/C=C\C/C=C\C/C=C\CCCCC. The van der Waals surface area contributed by atoms with E-state index in [0.29, 0.717) is 19.3 Å². The molecular formula is C81H138O16P2. The Labute approximate surface area is 601 Å². The molecule has 0 fully saturated rings. The van der Waals surface area contributed by atoms with Crippen LogP contribution in [0.3, 0.4) is 0 Å². The Bertz CT molecular complexity index is 2330. The van der Waals surface area contributed by atoms with E-state index in [-0.39, 0.29) is 19.3 Å². The Morgan fingerprint density at radius 3 is 0.848 bits per heavy atom. The summed E-state index contributed by atoms with van der Waals surface area (Å²) in [6.45, 7) is 2.48. The van der Waals surface area contributed by atoms with Crippen molar-refractivity contribution in [3.8, 4) is 0 Å². The van der Waals surface area contributed by atoms with Gasteiger partial charge < -0.3 is 34.2 Å². The lowest BCUT2D eigenvalue weighted by atomic mass is 10.1. The van der Waals surface area contributed by atoms with Gasteiger partial charge in [0.05, 0.1) is 26.4 Å². The van der Waals surface area contributed by atoms with Gasteiger partial charge in [0.15, 0.2) is 6.10 Å². The van der Waals surface area contributed by atoms with Crippen LogP contribution in [0.25, 0.3) is 0 Å². The van der Waals surface area contributed by atoms with Gasteiger partial charge in [0.2, 0.25) is 0 Å². The number of unbranched alkanes of at least 4 members (excludes halogenated alkanes) is 27. The fourth-order valence-corrected chi connectivity index (χ4v) is 11.5. The van der Waals surface area contributed by atoms with Gasteiger partial charge in [-0.2, -0.15) is 0 Å². The van der Waals surface area contributed by atoms with Gasteiger partial charge in [0.1, 0.15) is 25.4 Å². The van der Waals surface area contributed by atoms with Crippen molar-refractivity contribution in [1.29, 1.82) is 0 Å². The number of allylic oxidation sites excluding steroid dienone is 22. The third-order valence-corrected chi connectivity index (χ3v) is 17.7. The van der Waals surface area contributed by atoms with E-state index < -0.39 is 91.5 Å². The van der Waals surface area contributed by atoms with Crippen molar-refractivity contribution in [2.45, 2.75) is 322 Å². The lowest BCUT2D eigenvalue weighted by Gasteiger charge is -2.21. The molecule has 0 radical (unpaired) electrons. The number of carbonyl (C=O) groups is 3. The van der Waals surface area contributed by atoms with Gasteiger partial charge in [-0.3, -0.25) is 32.5 Å². The number of esters is 3. The van der Waals surface area contributed by atoms with E-state index in [2.05, 4.69) is 154 Å². The predicted octanol–water partition coefficient (Wildman–Crippen LogP) is 22.3. The van der Waals surface area contributed by atoms with Crippen LogP contribution in [0, 0.1) is 0 Å². The summed E-state index contributed by atoms with van der Waals surface area (Å²) in [4.78, 5) is 58.6. The van der Waals surface area contributed by atoms with Crippen molar-refractivity contribution in [3.05, 3.63) is 134 Å². The van der Waals surface area contributed by atoms with E-state index in [4.69, 9.17) is 32.3 Å². The van der Waals surface area contributed by atoms with Crippen molar-refractivity contribution >= 4 is 33.6 Å². The standard InChI is InChI=1S/C81H138O16P2/c1-4-7-10-13-16-19-22-25-28-31-33-35-37-39-41-44-46-49-52-55-58-61-64-67-79(84)91-70-76(82)71-93-98(87,88)94-72-77(83)73-95-99(89,90)96-75-78(97-81(86)69-66-63-60-57-54-51-48-43-30-27-24-21-18-15-12-9-6-3)74-92-80(85)68-65-62-59-56-53-50-47-45-42-40-38-36-34-32-29-26-23-20-17-14-11-8-5-2/h9,12,16-21,25-30,33-36,39-42,76-78,82-83H,4-8,10-11,13-15,22-24,31-32,37-38,43-75H2,1-3H3,(H,87,88)(H,89,90)/b12-9-,19-16-,20-17-,21-18-,28-25-,29-26-,30-27-,35-33-,36-34-,41-39-,42-40-. The van der Waals surface area contributed by atoms with Gasteiger partial charge in [0.25, 0.3) is 0 Å². The van der Waals surface area contributed by atoms with E-state index in [1.54, 1.807) is 0 Å². The second kappa shape index (κ2) is 73.4. The molecule has 5 atom stereocenters. The molecule has 18 heteroatoms. The average Bonchev–Trinajstić information content (AvgIpc) is 2.33. The van der Waals surface area contributed by atoms with Crippen LogP contribution in [0.15, 0.2) is 134 Å². The van der Waals surface area contributed by atoms with Gasteiger partial charge in [0, 0.05) is 19.3 Å². The largest absolute Gasteiger partial charge is 0.472 e. The van der Waals surface area contributed by atoms with E-state index in [9.17, 15) is 43.5 Å². The first kappa shape index (κ1) is 94.7. The number of aliphatic hydroxyl groups excluding tert-OH is 2. The lowest BCUT2D eigenvalue weighted by Crippen LogP contribution is -2.30. The zero-order chi connectivity index (χ0) is 72.3. The summed E-state index contributed by atoms with van der Waals surface area (Å²) < 4.78 is 61.1. The molecule has 0 aliphatic carbocycles. The topological polar surface area (TPSA) is 231 Å². The molecule has 0 aromatic carbocycles. The van der Waals surface area contributed by atoms with Crippen molar-refractivity contribution < 1.29 is 75.8 Å². The molecule has 0 bridgehead atoms. The number of ether oxygens (including phenoxy) is 3. The molecule has 99 heavy (non-hydrogen) atoms. The molecule has 0 spiro atoms. The first-order valence-corrected chi connectivity index (χ1v) is 41.5.